The molecule has 0 spiro atoms. The number of rotatable bonds is 6. The highest BCUT2D eigenvalue weighted by molar-refractivity contribution is 7.98. The largest absolute Gasteiger partial charge is 0.342 e. The minimum atomic E-state index is 0.163. The molecule has 0 aliphatic carbocycles. The highest BCUT2D eigenvalue weighted by Crippen LogP contribution is 2.05. The van der Waals surface area contributed by atoms with Crippen LogP contribution in [0.1, 0.15) is 13.3 Å². The van der Waals surface area contributed by atoms with E-state index in [0.29, 0.717) is 12.6 Å². The minimum Gasteiger partial charge on any atom is -0.342 e. The average Bonchev–Trinajstić information content (AvgIpc) is 2.13. The van der Waals surface area contributed by atoms with Gasteiger partial charge < -0.3 is 10.2 Å². The van der Waals surface area contributed by atoms with Crippen molar-refractivity contribution in [3.63, 3.8) is 0 Å². The third kappa shape index (κ3) is 5.16. The summed E-state index contributed by atoms with van der Waals surface area (Å²) in [5, 5.41) is 2.86. The maximum Gasteiger partial charge on any atom is 0.236 e. The second-order valence-electron chi connectivity index (χ2n) is 3.17. The fourth-order valence-corrected chi connectivity index (χ4v) is 1.58. The van der Waals surface area contributed by atoms with Gasteiger partial charge in [-0.25, -0.2) is 0 Å². The lowest BCUT2D eigenvalue weighted by Crippen LogP contribution is -2.40. The second-order valence-corrected chi connectivity index (χ2v) is 4.15. The van der Waals surface area contributed by atoms with Crippen LogP contribution < -0.4 is 5.32 Å². The van der Waals surface area contributed by atoms with E-state index in [4.69, 9.17) is 0 Å². The topological polar surface area (TPSA) is 32.3 Å². The number of nitrogens with one attached hydrogen (secondary N) is 1. The van der Waals surface area contributed by atoms with Gasteiger partial charge in [-0.2, -0.15) is 11.8 Å². The number of likely N-dealkylation sites (N-methyl/N-ethyl adjacent to an activating group) is 2. The second kappa shape index (κ2) is 7.21. The Labute approximate surface area is 85.3 Å². The first-order chi connectivity index (χ1) is 6.13. The molecule has 0 aromatic heterocycles. The van der Waals surface area contributed by atoms with Crippen molar-refractivity contribution in [2.24, 2.45) is 0 Å². The van der Waals surface area contributed by atoms with E-state index in [1.165, 1.54) is 0 Å². The quantitative estimate of drug-likeness (QED) is 0.695. The lowest BCUT2D eigenvalue weighted by atomic mass is 10.2. The van der Waals surface area contributed by atoms with E-state index in [1.807, 2.05) is 23.7 Å². The van der Waals surface area contributed by atoms with Crippen LogP contribution in [-0.2, 0) is 4.79 Å². The number of hydrogen-bond donors (Lipinski definition) is 1. The van der Waals surface area contributed by atoms with Gasteiger partial charge in [-0.3, -0.25) is 4.79 Å². The molecule has 0 radical (unpaired) electrons. The molecule has 0 rings (SSSR count). The number of hydrogen-bond acceptors (Lipinski definition) is 3. The third-order valence-corrected chi connectivity index (χ3v) is 2.77. The molecule has 4 heteroatoms. The van der Waals surface area contributed by atoms with Crippen molar-refractivity contribution in [1.82, 2.24) is 10.2 Å². The summed E-state index contributed by atoms with van der Waals surface area (Å²) in [6.45, 7) is 2.52. The van der Waals surface area contributed by atoms with Crippen LogP contribution in [0.3, 0.4) is 0 Å². The number of thioether (sulfide) groups is 1. The molecule has 13 heavy (non-hydrogen) atoms. The van der Waals surface area contributed by atoms with Gasteiger partial charge in [0.1, 0.15) is 0 Å². The van der Waals surface area contributed by atoms with Gasteiger partial charge in [-0.05, 0) is 32.4 Å². The summed E-state index contributed by atoms with van der Waals surface area (Å²) in [6.07, 6.45) is 3.15. The Balaban J connectivity index is 3.79. The Morgan fingerprint density at radius 1 is 1.62 bits per heavy atom. The van der Waals surface area contributed by atoms with Crippen LogP contribution in [-0.4, -0.2) is 49.5 Å². The first-order valence-corrected chi connectivity index (χ1v) is 5.92. The zero-order valence-corrected chi connectivity index (χ0v) is 9.78. The van der Waals surface area contributed by atoms with Crippen LogP contribution >= 0.6 is 11.8 Å². The van der Waals surface area contributed by atoms with Gasteiger partial charge in [0, 0.05) is 13.1 Å². The van der Waals surface area contributed by atoms with Crippen LogP contribution in [0.25, 0.3) is 0 Å². The predicted octanol–water partition coefficient (Wildman–Crippen LogP) is 0.806. The molecule has 0 saturated heterocycles. The van der Waals surface area contributed by atoms with E-state index >= 15 is 0 Å². The third-order valence-electron chi connectivity index (χ3n) is 2.12. The van der Waals surface area contributed by atoms with Crippen molar-refractivity contribution in [1.29, 1.82) is 0 Å². The molecule has 0 saturated carbocycles. The molecule has 78 valence electrons. The Morgan fingerprint density at radius 3 is 2.69 bits per heavy atom. The Morgan fingerprint density at radius 2 is 2.23 bits per heavy atom. The Hall–Kier alpha value is -0.220. The summed E-state index contributed by atoms with van der Waals surface area (Å²) < 4.78 is 0. The summed E-state index contributed by atoms with van der Waals surface area (Å²) >= 11 is 1.82. The summed E-state index contributed by atoms with van der Waals surface area (Å²) in [5.74, 6) is 1.27. The van der Waals surface area contributed by atoms with Gasteiger partial charge in [0.15, 0.2) is 0 Å². The molecule has 0 fully saturated rings. The zero-order chi connectivity index (χ0) is 10.3. The van der Waals surface area contributed by atoms with Crippen LogP contribution in [0.4, 0.5) is 0 Å². The lowest BCUT2D eigenvalue weighted by Gasteiger charge is -2.24. The van der Waals surface area contributed by atoms with E-state index in [2.05, 4.69) is 18.5 Å². The maximum absolute atomic E-state index is 11.4. The highest BCUT2D eigenvalue weighted by atomic mass is 32.2. The molecule has 0 heterocycles. The van der Waals surface area contributed by atoms with Crippen molar-refractivity contribution in [2.45, 2.75) is 19.4 Å². The fourth-order valence-electron chi connectivity index (χ4n) is 1.00. The molecule has 0 aromatic rings. The first-order valence-electron chi connectivity index (χ1n) is 4.52. The monoisotopic (exact) mass is 204 g/mol. The average molecular weight is 204 g/mol. The van der Waals surface area contributed by atoms with E-state index in [-0.39, 0.29) is 5.91 Å². The summed E-state index contributed by atoms with van der Waals surface area (Å²) in [4.78, 5) is 13.2. The first kappa shape index (κ1) is 12.8. The molecule has 0 aliphatic heterocycles. The molecule has 1 N–H and O–H groups in total. The standard InChI is InChI=1S/C9H20N2OS/c1-8(5-6-13-4)11(3)9(12)7-10-2/h8,10H,5-7H2,1-4H3. The normalized spacial score (nSPS) is 12.6. The molecule has 1 unspecified atom stereocenters. The van der Waals surface area contributed by atoms with Crippen molar-refractivity contribution >= 4 is 17.7 Å². The van der Waals surface area contributed by atoms with Crippen molar-refractivity contribution < 1.29 is 4.79 Å². The summed E-state index contributed by atoms with van der Waals surface area (Å²) in [5.41, 5.74) is 0. The van der Waals surface area contributed by atoms with Crippen LogP contribution in [0.5, 0.6) is 0 Å². The Kier molecular flexibility index (Phi) is 7.09. The van der Waals surface area contributed by atoms with Gasteiger partial charge in [0.05, 0.1) is 6.54 Å². The number of amides is 1. The van der Waals surface area contributed by atoms with E-state index in [9.17, 15) is 4.79 Å². The fraction of sp³-hybridized carbons (Fsp3) is 0.889. The van der Waals surface area contributed by atoms with Crippen LogP contribution in [0.2, 0.25) is 0 Å². The van der Waals surface area contributed by atoms with Crippen molar-refractivity contribution in [3.05, 3.63) is 0 Å². The van der Waals surface area contributed by atoms with Gasteiger partial charge in [-0.1, -0.05) is 0 Å². The Bertz CT molecular complexity index is 153. The number of carbonyl (C=O) groups excluding carboxylic acids is 1. The molecule has 0 aliphatic rings. The van der Waals surface area contributed by atoms with E-state index < -0.39 is 0 Å². The number of carbonyl (C=O) groups is 1. The van der Waals surface area contributed by atoms with Crippen LogP contribution in [0, 0.1) is 0 Å². The highest BCUT2D eigenvalue weighted by Gasteiger charge is 2.13. The van der Waals surface area contributed by atoms with E-state index in [1.54, 1.807) is 7.05 Å². The molecule has 1 atom stereocenters. The minimum absolute atomic E-state index is 0.163. The van der Waals surface area contributed by atoms with Gasteiger partial charge in [0.25, 0.3) is 0 Å². The molecular weight excluding hydrogens is 184 g/mol. The van der Waals surface area contributed by atoms with Gasteiger partial charge >= 0.3 is 0 Å². The van der Waals surface area contributed by atoms with Crippen molar-refractivity contribution in [3.8, 4) is 0 Å². The smallest absolute Gasteiger partial charge is 0.236 e. The zero-order valence-electron chi connectivity index (χ0n) is 8.96. The summed E-state index contributed by atoms with van der Waals surface area (Å²) in [7, 11) is 3.66. The predicted molar refractivity (Wildman–Crippen MR) is 59.2 cm³/mol. The summed E-state index contributed by atoms with van der Waals surface area (Å²) in [6, 6.07) is 0.341. The molecule has 0 bridgehead atoms. The van der Waals surface area contributed by atoms with Crippen molar-refractivity contribution in [2.75, 3.05) is 32.6 Å². The SMILES string of the molecule is CNCC(=O)N(C)C(C)CCSC. The van der Waals surface area contributed by atoms with E-state index in [0.717, 1.165) is 12.2 Å². The molecule has 1 amide bonds. The number of nitrogens with zero attached hydrogens (tertiary/aromatic N) is 1. The van der Waals surface area contributed by atoms with Gasteiger partial charge in [0.2, 0.25) is 5.91 Å². The molecule has 3 nitrogen and oxygen atoms in total. The maximum atomic E-state index is 11.4. The molecular formula is C9H20N2OS. The van der Waals surface area contributed by atoms with Crippen LogP contribution in [0.15, 0.2) is 0 Å². The molecule has 0 aromatic carbocycles. The van der Waals surface area contributed by atoms with Gasteiger partial charge in [-0.15, -0.1) is 0 Å². The lowest BCUT2D eigenvalue weighted by molar-refractivity contribution is -0.130.